The predicted octanol–water partition coefficient (Wildman–Crippen LogP) is 2.39. The molecule has 1 aliphatic rings. The molecule has 2 unspecified atom stereocenters. The van der Waals surface area contributed by atoms with E-state index in [-0.39, 0.29) is 6.04 Å². The summed E-state index contributed by atoms with van der Waals surface area (Å²) in [6.07, 6.45) is -1.12. The van der Waals surface area contributed by atoms with E-state index < -0.39 is 17.9 Å². The molecule has 0 aliphatic carbocycles. The van der Waals surface area contributed by atoms with E-state index in [4.69, 9.17) is 4.74 Å². The van der Waals surface area contributed by atoms with Crippen LogP contribution >= 0.6 is 11.8 Å². The van der Waals surface area contributed by atoms with Crippen molar-refractivity contribution < 1.29 is 14.6 Å². The summed E-state index contributed by atoms with van der Waals surface area (Å²) in [6, 6.07) is -0.225. The number of ether oxygens (including phenoxy) is 1. The molecule has 1 rings (SSSR count). The molecule has 2 N–H and O–H groups in total. The molecule has 0 aromatic carbocycles. The molecule has 106 valence electrons. The quantitative estimate of drug-likeness (QED) is 0.812. The van der Waals surface area contributed by atoms with Crippen molar-refractivity contribution in [1.29, 1.82) is 0 Å². The van der Waals surface area contributed by atoms with Gasteiger partial charge in [0.15, 0.2) is 6.23 Å². The molecule has 0 aromatic rings. The van der Waals surface area contributed by atoms with Crippen LogP contribution in [0.15, 0.2) is 4.99 Å². The third kappa shape index (κ3) is 6.86. The monoisotopic (exact) mass is 276 g/mol. The van der Waals surface area contributed by atoms with Gasteiger partial charge in [0.25, 0.3) is 0 Å². The van der Waals surface area contributed by atoms with E-state index in [0.29, 0.717) is 5.75 Å². The molecule has 0 radical (unpaired) electrons. The van der Waals surface area contributed by atoms with Gasteiger partial charge in [0.1, 0.15) is 5.60 Å². The number of thioether (sulfide) groups is 1. The van der Waals surface area contributed by atoms with Gasteiger partial charge < -0.3 is 15.2 Å². The highest BCUT2D eigenvalue weighted by molar-refractivity contribution is 8.14. The third-order valence-corrected chi connectivity index (χ3v) is 2.98. The van der Waals surface area contributed by atoms with Crippen molar-refractivity contribution in [2.45, 2.75) is 59.4 Å². The van der Waals surface area contributed by atoms with Crippen LogP contribution in [0.2, 0.25) is 0 Å². The molecule has 1 amide bonds. The molecule has 5 nitrogen and oxygen atoms in total. The van der Waals surface area contributed by atoms with Gasteiger partial charge in [-0.1, -0.05) is 13.8 Å². The largest absolute Gasteiger partial charge is 0.444 e. The Labute approximate surface area is 113 Å². The van der Waals surface area contributed by atoms with E-state index in [0.717, 1.165) is 5.04 Å². The van der Waals surface area contributed by atoms with Crippen LogP contribution in [0, 0.1) is 0 Å². The Kier molecular flexibility index (Phi) is 7.32. The minimum atomic E-state index is -0.650. The number of rotatable bonds is 2. The van der Waals surface area contributed by atoms with Gasteiger partial charge in [0.05, 0.1) is 11.1 Å². The van der Waals surface area contributed by atoms with Gasteiger partial charge in [-0.05, 0) is 27.7 Å². The standard InChI is InChI=1S/C10H18N2O3S.C2H6/c1-6(8-12-7(13)5-16-8)11-9(14)15-10(2,3)4;1-2/h6-7,13H,5H2,1-4H3,(H,11,14);1-2H3. The summed E-state index contributed by atoms with van der Waals surface area (Å²) >= 11 is 1.45. The van der Waals surface area contributed by atoms with Gasteiger partial charge >= 0.3 is 6.09 Å². The summed E-state index contributed by atoms with van der Waals surface area (Å²) in [7, 11) is 0. The van der Waals surface area contributed by atoms with Gasteiger partial charge in [0.2, 0.25) is 0 Å². The smallest absolute Gasteiger partial charge is 0.408 e. The van der Waals surface area contributed by atoms with Crippen LogP contribution in [-0.2, 0) is 4.74 Å². The number of alkyl carbamates (subject to hydrolysis) is 1. The van der Waals surface area contributed by atoms with E-state index in [1.807, 2.05) is 41.5 Å². The number of amides is 1. The van der Waals surface area contributed by atoms with Crippen molar-refractivity contribution in [2.24, 2.45) is 4.99 Å². The average molecular weight is 276 g/mol. The van der Waals surface area contributed by atoms with Crippen LogP contribution in [0.1, 0.15) is 41.5 Å². The lowest BCUT2D eigenvalue weighted by atomic mass is 10.2. The van der Waals surface area contributed by atoms with E-state index in [2.05, 4.69) is 10.3 Å². The molecule has 0 spiro atoms. The first-order valence-electron chi connectivity index (χ1n) is 6.16. The Hall–Kier alpha value is -0.750. The second-order valence-electron chi connectivity index (χ2n) is 4.63. The lowest BCUT2D eigenvalue weighted by Gasteiger charge is -2.21. The number of aliphatic imine (C=N–C) groups is 1. The summed E-state index contributed by atoms with van der Waals surface area (Å²) < 4.78 is 5.12. The lowest BCUT2D eigenvalue weighted by Crippen LogP contribution is -2.40. The van der Waals surface area contributed by atoms with Crippen molar-refractivity contribution in [1.82, 2.24) is 5.32 Å². The number of aliphatic hydroxyl groups is 1. The Bertz CT molecular complexity index is 300. The van der Waals surface area contributed by atoms with Gasteiger partial charge in [-0.3, -0.25) is 0 Å². The van der Waals surface area contributed by atoms with Crippen LogP contribution in [-0.4, -0.2) is 39.9 Å². The minimum absolute atomic E-state index is 0.225. The molecule has 0 saturated heterocycles. The van der Waals surface area contributed by atoms with Crippen molar-refractivity contribution in [3.05, 3.63) is 0 Å². The Morgan fingerprint density at radius 1 is 1.56 bits per heavy atom. The van der Waals surface area contributed by atoms with Crippen LogP contribution < -0.4 is 5.32 Å². The molecule has 0 aromatic heterocycles. The summed E-state index contributed by atoms with van der Waals surface area (Å²) in [4.78, 5) is 15.5. The highest BCUT2D eigenvalue weighted by atomic mass is 32.2. The molecule has 0 fully saturated rings. The molecule has 1 aliphatic heterocycles. The molecular weight excluding hydrogens is 252 g/mol. The maximum absolute atomic E-state index is 11.4. The SMILES string of the molecule is CC.CC(NC(=O)OC(C)(C)C)C1=NC(O)CS1. The topological polar surface area (TPSA) is 70.9 Å². The number of hydrogen-bond acceptors (Lipinski definition) is 5. The van der Waals surface area contributed by atoms with E-state index in [9.17, 15) is 9.90 Å². The third-order valence-electron chi connectivity index (χ3n) is 1.76. The van der Waals surface area contributed by atoms with Crippen LogP contribution in [0.5, 0.6) is 0 Å². The normalized spacial score (nSPS) is 20.4. The fourth-order valence-electron chi connectivity index (χ4n) is 1.16. The summed E-state index contributed by atoms with van der Waals surface area (Å²) in [6.45, 7) is 11.2. The maximum Gasteiger partial charge on any atom is 0.408 e. The highest BCUT2D eigenvalue weighted by Gasteiger charge is 2.24. The first-order valence-corrected chi connectivity index (χ1v) is 7.14. The summed E-state index contributed by atoms with van der Waals surface area (Å²) in [5.41, 5.74) is -0.506. The summed E-state index contributed by atoms with van der Waals surface area (Å²) in [5.74, 6) is 0.551. The van der Waals surface area contributed by atoms with Crippen molar-refractivity contribution in [3.63, 3.8) is 0 Å². The van der Waals surface area contributed by atoms with Gasteiger partial charge in [-0.2, -0.15) is 0 Å². The van der Waals surface area contributed by atoms with Gasteiger partial charge in [0, 0.05) is 5.75 Å². The molecule has 18 heavy (non-hydrogen) atoms. The second kappa shape index (κ2) is 7.63. The van der Waals surface area contributed by atoms with Crippen LogP contribution in [0.4, 0.5) is 4.79 Å². The number of carbonyl (C=O) groups excluding carboxylic acids is 1. The Morgan fingerprint density at radius 3 is 2.50 bits per heavy atom. The van der Waals surface area contributed by atoms with E-state index in [1.54, 1.807) is 0 Å². The Balaban J connectivity index is 0.00000137. The van der Waals surface area contributed by atoms with Crippen LogP contribution in [0.25, 0.3) is 0 Å². The van der Waals surface area contributed by atoms with E-state index >= 15 is 0 Å². The van der Waals surface area contributed by atoms with E-state index in [1.165, 1.54) is 11.8 Å². The van der Waals surface area contributed by atoms with Gasteiger partial charge in [-0.25, -0.2) is 9.79 Å². The lowest BCUT2D eigenvalue weighted by molar-refractivity contribution is 0.0521. The first-order chi connectivity index (χ1) is 8.28. The zero-order valence-electron chi connectivity index (χ0n) is 12.0. The average Bonchev–Trinajstić information content (AvgIpc) is 2.65. The number of nitrogens with zero attached hydrogens (tertiary/aromatic N) is 1. The minimum Gasteiger partial charge on any atom is -0.444 e. The van der Waals surface area contributed by atoms with Crippen molar-refractivity contribution >= 4 is 22.9 Å². The number of nitrogens with one attached hydrogen (secondary N) is 1. The number of carbonyl (C=O) groups is 1. The molecular formula is C12H24N2O3S. The second-order valence-corrected chi connectivity index (χ2v) is 5.67. The maximum atomic E-state index is 11.4. The highest BCUT2D eigenvalue weighted by Crippen LogP contribution is 2.19. The predicted molar refractivity (Wildman–Crippen MR) is 76.1 cm³/mol. The zero-order valence-corrected chi connectivity index (χ0v) is 12.8. The molecule has 0 saturated carbocycles. The fourth-order valence-corrected chi connectivity index (χ4v) is 2.06. The fraction of sp³-hybridized carbons (Fsp3) is 0.833. The van der Waals surface area contributed by atoms with Crippen molar-refractivity contribution in [2.75, 3.05) is 5.75 Å². The zero-order chi connectivity index (χ0) is 14.3. The van der Waals surface area contributed by atoms with Crippen LogP contribution in [0.3, 0.4) is 0 Å². The van der Waals surface area contributed by atoms with Gasteiger partial charge in [-0.15, -0.1) is 11.8 Å². The number of aliphatic hydroxyl groups excluding tert-OH is 1. The molecule has 6 heteroatoms. The first kappa shape index (κ1) is 17.2. The summed E-state index contributed by atoms with van der Waals surface area (Å²) in [5, 5.41) is 12.6. The number of hydrogen-bond donors (Lipinski definition) is 2. The molecule has 1 heterocycles. The molecule has 2 atom stereocenters. The Morgan fingerprint density at radius 2 is 2.11 bits per heavy atom. The van der Waals surface area contributed by atoms with Crippen molar-refractivity contribution in [3.8, 4) is 0 Å². The molecule has 0 bridgehead atoms.